The van der Waals surface area contributed by atoms with Gasteiger partial charge < -0.3 is 24.5 Å². The zero-order valence-corrected chi connectivity index (χ0v) is 24.0. The Morgan fingerprint density at radius 3 is 2.41 bits per heavy atom. The third-order valence-electron chi connectivity index (χ3n) is 7.77. The first kappa shape index (κ1) is 30.2. The van der Waals surface area contributed by atoms with Crippen LogP contribution in [0.25, 0.3) is 6.08 Å². The van der Waals surface area contributed by atoms with E-state index in [0.29, 0.717) is 31.2 Å². The van der Waals surface area contributed by atoms with Crippen molar-refractivity contribution in [3.63, 3.8) is 0 Å². The van der Waals surface area contributed by atoms with Gasteiger partial charge in [0, 0.05) is 63.1 Å². The molecule has 0 saturated carbocycles. The molecule has 0 radical (unpaired) electrons. The lowest BCUT2D eigenvalue weighted by molar-refractivity contribution is -0.131. The second-order valence-corrected chi connectivity index (χ2v) is 10.5. The van der Waals surface area contributed by atoms with E-state index in [0.717, 1.165) is 48.6 Å². The van der Waals surface area contributed by atoms with Gasteiger partial charge in [0.15, 0.2) is 0 Å². The Kier molecular flexibility index (Phi) is 11.9. The molecule has 212 valence electrons. The topological polar surface area (TPSA) is 73.3 Å². The van der Waals surface area contributed by atoms with Crippen LogP contribution in [0.1, 0.15) is 62.4 Å². The fourth-order valence-electron chi connectivity index (χ4n) is 5.05. The van der Waals surface area contributed by atoms with E-state index in [-0.39, 0.29) is 5.91 Å². The standard InChI is InChI=1S/C32H45N3O4/c1-5-26-9-8-25(3)35(24-26)20-7-23-39-30-17-15-29(16-18-30)33(4)21-22-34(6-2)32(38)28-13-10-27(11-14-28)12-19-31(36)37/h10-19,25-26H,5-9,20-24H2,1-4H3,(H,36,37)/b19-12+. The molecule has 7 nitrogen and oxygen atoms in total. The number of nitrogens with zero attached hydrogens (tertiary/aromatic N) is 3. The zero-order valence-electron chi connectivity index (χ0n) is 24.0. The maximum atomic E-state index is 13.0. The molecule has 2 aromatic carbocycles. The molecular weight excluding hydrogens is 490 g/mol. The van der Waals surface area contributed by atoms with Crippen LogP contribution in [0.2, 0.25) is 0 Å². The van der Waals surface area contributed by atoms with Gasteiger partial charge in [-0.3, -0.25) is 4.79 Å². The summed E-state index contributed by atoms with van der Waals surface area (Å²) in [6, 6.07) is 15.8. The highest BCUT2D eigenvalue weighted by Gasteiger charge is 2.23. The number of anilines is 1. The average molecular weight is 536 g/mol. The smallest absolute Gasteiger partial charge is 0.328 e. The summed E-state index contributed by atoms with van der Waals surface area (Å²) in [6.45, 7) is 11.6. The van der Waals surface area contributed by atoms with Gasteiger partial charge in [-0.15, -0.1) is 0 Å². The number of piperidine rings is 1. The molecule has 1 N–H and O–H groups in total. The number of carbonyl (C=O) groups is 2. The van der Waals surface area contributed by atoms with Crippen molar-refractivity contribution in [1.82, 2.24) is 9.80 Å². The molecule has 1 amide bonds. The van der Waals surface area contributed by atoms with Crippen LogP contribution in [0.15, 0.2) is 54.6 Å². The first-order chi connectivity index (χ1) is 18.8. The SMILES string of the molecule is CCC1CCC(C)N(CCCOc2ccc(N(C)CCN(CC)C(=O)c3ccc(/C=C/C(=O)O)cc3)cc2)C1. The Bertz CT molecular complexity index is 1070. The summed E-state index contributed by atoms with van der Waals surface area (Å²) in [7, 11) is 2.03. The quantitative estimate of drug-likeness (QED) is 0.249. The Labute approximate surface area is 234 Å². The van der Waals surface area contributed by atoms with Gasteiger partial charge in [0.25, 0.3) is 5.91 Å². The fraction of sp³-hybridized carbons (Fsp3) is 0.500. The number of hydrogen-bond acceptors (Lipinski definition) is 5. The molecule has 1 saturated heterocycles. The minimum Gasteiger partial charge on any atom is -0.494 e. The summed E-state index contributed by atoms with van der Waals surface area (Å²) in [5, 5.41) is 8.77. The van der Waals surface area contributed by atoms with E-state index in [1.54, 1.807) is 24.3 Å². The van der Waals surface area contributed by atoms with E-state index >= 15 is 0 Å². The summed E-state index contributed by atoms with van der Waals surface area (Å²) in [5.74, 6) is 0.696. The van der Waals surface area contributed by atoms with Gasteiger partial charge in [-0.25, -0.2) is 4.79 Å². The summed E-state index contributed by atoms with van der Waals surface area (Å²) in [5.41, 5.74) is 2.41. The largest absolute Gasteiger partial charge is 0.494 e. The lowest BCUT2D eigenvalue weighted by atomic mass is 9.91. The molecule has 39 heavy (non-hydrogen) atoms. The van der Waals surface area contributed by atoms with Crippen LogP contribution in [0.5, 0.6) is 5.75 Å². The van der Waals surface area contributed by atoms with Gasteiger partial charge in [0.2, 0.25) is 0 Å². The molecular formula is C32H45N3O4. The highest BCUT2D eigenvalue weighted by Crippen LogP contribution is 2.24. The molecule has 1 aliphatic heterocycles. The number of hydrogen-bond donors (Lipinski definition) is 1. The van der Waals surface area contributed by atoms with Crippen molar-refractivity contribution < 1.29 is 19.4 Å². The first-order valence-electron chi connectivity index (χ1n) is 14.3. The minimum atomic E-state index is -0.999. The Morgan fingerprint density at radius 1 is 1.05 bits per heavy atom. The molecule has 1 heterocycles. The maximum Gasteiger partial charge on any atom is 0.328 e. The van der Waals surface area contributed by atoms with Gasteiger partial charge in [0.05, 0.1) is 6.61 Å². The van der Waals surface area contributed by atoms with Crippen LogP contribution in [0.4, 0.5) is 5.69 Å². The number of amides is 1. The molecule has 1 fully saturated rings. The van der Waals surface area contributed by atoms with E-state index in [9.17, 15) is 9.59 Å². The van der Waals surface area contributed by atoms with Crippen molar-refractivity contribution in [3.8, 4) is 5.75 Å². The van der Waals surface area contributed by atoms with Crippen molar-refractivity contribution >= 4 is 23.6 Å². The molecule has 0 aliphatic carbocycles. The van der Waals surface area contributed by atoms with Crippen LogP contribution >= 0.6 is 0 Å². The molecule has 2 unspecified atom stereocenters. The van der Waals surface area contributed by atoms with E-state index in [1.165, 1.54) is 31.9 Å². The predicted octanol–water partition coefficient (Wildman–Crippen LogP) is 5.66. The van der Waals surface area contributed by atoms with Crippen molar-refractivity contribution in [1.29, 1.82) is 0 Å². The lowest BCUT2D eigenvalue weighted by Gasteiger charge is -2.37. The number of likely N-dealkylation sites (N-methyl/N-ethyl adjacent to an activating group) is 2. The maximum absolute atomic E-state index is 13.0. The van der Waals surface area contributed by atoms with Crippen LogP contribution in [0.3, 0.4) is 0 Å². The first-order valence-corrected chi connectivity index (χ1v) is 14.3. The second kappa shape index (κ2) is 15.3. The Balaban J connectivity index is 1.43. The minimum absolute atomic E-state index is 0.0347. The van der Waals surface area contributed by atoms with Gasteiger partial charge in [-0.05, 0) is 87.1 Å². The average Bonchev–Trinajstić information content (AvgIpc) is 2.95. The van der Waals surface area contributed by atoms with Crippen molar-refractivity contribution in [2.24, 2.45) is 5.92 Å². The Hall–Kier alpha value is -3.32. The number of aliphatic carboxylic acids is 1. The molecule has 0 bridgehead atoms. The molecule has 0 aromatic heterocycles. The number of carbonyl (C=O) groups excluding carboxylic acids is 1. The molecule has 7 heteroatoms. The molecule has 2 atom stereocenters. The number of carboxylic acids is 1. The zero-order chi connectivity index (χ0) is 28.2. The van der Waals surface area contributed by atoms with E-state index in [4.69, 9.17) is 9.84 Å². The fourth-order valence-corrected chi connectivity index (χ4v) is 5.05. The van der Waals surface area contributed by atoms with Gasteiger partial charge in [-0.1, -0.05) is 25.5 Å². The lowest BCUT2D eigenvalue weighted by Crippen LogP contribution is -2.42. The van der Waals surface area contributed by atoms with Gasteiger partial charge >= 0.3 is 5.97 Å². The third-order valence-corrected chi connectivity index (χ3v) is 7.77. The van der Waals surface area contributed by atoms with Crippen LogP contribution in [-0.2, 0) is 4.79 Å². The summed E-state index contributed by atoms with van der Waals surface area (Å²) in [6.07, 6.45) is 7.57. The Morgan fingerprint density at radius 2 is 1.77 bits per heavy atom. The second-order valence-electron chi connectivity index (χ2n) is 10.5. The van der Waals surface area contributed by atoms with E-state index in [1.807, 2.05) is 31.0 Å². The molecule has 3 rings (SSSR count). The predicted molar refractivity (Wildman–Crippen MR) is 159 cm³/mol. The highest BCUT2D eigenvalue weighted by atomic mass is 16.5. The third kappa shape index (κ3) is 9.43. The van der Waals surface area contributed by atoms with Crippen molar-refractivity contribution in [2.75, 3.05) is 51.3 Å². The van der Waals surface area contributed by atoms with Crippen LogP contribution < -0.4 is 9.64 Å². The number of carboxylic acid groups (broad SMARTS) is 1. The summed E-state index contributed by atoms with van der Waals surface area (Å²) < 4.78 is 6.02. The normalized spacial score (nSPS) is 17.7. The number of likely N-dealkylation sites (tertiary alicyclic amines) is 1. The van der Waals surface area contributed by atoms with Crippen LogP contribution in [0, 0.1) is 5.92 Å². The highest BCUT2D eigenvalue weighted by molar-refractivity contribution is 5.94. The number of rotatable bonds is 14. The van der Waals surface area contributed by atoms with E-state index < -0.39 is 5.97 Å². The summed E-state index contributed by atoms with van der Waals surface area (Å²) >= 11 is 0. The molecule has 0 spiro atoms. The molecule has 1 aliphatic rings. The molecule has 2 aromatic rings. The van der Waals surface area contributed by atoms with E-state index in [2.05, 4.69) is 35.8 Å². The number of ether oxygens (including phenoxy) is 1. The van der Waals surface area contributed by atoms with Gasteiger partial charge in [0.1, 0.15) is 5.75 Å². The van der Waals surface area contributed by atoms with Gasteiger partial charge in [-0.2, -0.15) is 0 Å². The van der Waals surface area contributed by atoms with Crippen molar-refractivity contribution in [3.05, 3.63) is 65.7 Å². The van der Waals surface area contributed by atoms with Crippen LogP contribution in [-0.4, -0.2) is 79.2 Å². The summed E-state index contributed by atoms with van der Waals surface area (Å²) in [4.78, 5) is 30.3. The number of benzene rings is 2. The monoisotopic (exact) mass is 535 g/mol. The van der Waals surface area contributed by atoms with Crippen molar-refractivity contribution in [2.45, 2.75) is 52.5 Å².